The molecule has 1 aromatic heterocycles. The maximum Gasteiger partial charge on any atom is 0.376 e. The minimum absolute atomic E-state index is 0.0216. The highest BCUT2D eigenvalue weighted by molar-refractivity contribution is 6.45. The Balaban J connectivity index is 1.49. The summed E-state index contributed by atoms with van der Waals surface area (Å²) < 4.78 is 31.5. The van der Waals surface area contributed by atoms with Gasteiger partial charge < -0.3 is 24.0 Å². The van der Waals surface area contributed by atoms with E-state index in [4.69, 9.17) is 25.8 Å². The molecule has 2 bridgehead atoms. The molecule has 0 radical (unpaired) electrons. The maximum absolute atomic E-state index is 15.2. The molecule has 2 saturated heterocycles. The summed E-state index contributed by atoms with van der Waals surface area (Å²) in [5.41, 5.74) is 1.11. The van der Waals surface area contributed by atoms with E-state index in [1.54, 1.807) is 25.0 Å². The van der Waals surface area contributed by atoms with Gasteiger partial charge in [0.15, 0.2) is 13.0 Å². The zero-order valence-electron chi connectivity index (χ0n) is 17.4. The topological polar surface area (TPSA) is 89.8 Å². The monoisotopic (exact) mass is 450 g/mol. The number of hydrogen-bond acceptors (Lipinski definition) is 8. The van der Waals surface area contributed by atoms with Gasteiger partial charge >= 0.3 is 13.1 Å². The van der Waals surface area contributed by atoms with Crippen LogP contribution in [0.1, 0.15) is 25.7 Å². The summed E-state index contributed by atoms with van der Waals surface area (Å²) in [6, 6.07) is 4.87. The maximum atomic E-state index is 15.2. The molecule has 0 amide bonds. The number of piperidine rings is 2. The SMILES string of the molecule is COCOc1cc(Cl)ccc1-c1cnc(O[C@H]2C[C@@H]3CCCC([C@H]2F)N3B(C)O)nn1. The molecule has 2 aromatic rings. The molecular weight excluding hydrogens is 426 g/mol. The van der Waals surface area contributed by atoms with Crippen molar-refractivity contribution in [3.05, 3.63) is 29.4 Å². The molecule has 0 aliphatic carbocycles. The minimum atomic E-state index is -1.24. The van der Waals surface area contributed by atoms with Crippen molar-refractivity contribution < 1.29 is 23.6 Å². The molecule has 2 aliphatic heterocycles. The third-order valence-corrected chi connectivity index (χ3v) is 6.08. The van der Waals surface area contributed by atoms with Gasteiger partial charge in [0.1, 0.15) is 17.5 Å². The molecule has 31 heavy (non-hydrogen) atoms. The average Bonchev–Trinajstić information content (AvgIpc) is 2.76. The second-order valence-electron chi connectivity index (χ2n) is 7.88. The molecule has 1 aromatic carbocycles. The molecule has 3 heterocycles. The zero-order valence-corrected chi connectivity index (χ0v) is 18.2. The number of benzene rings is 1. The average molecular weight is 451 g/mol. The molecule has 2 aliphatic rings. The molecule has 11 heteroatoms. The Bertz CT molecular complexity index is 894. The number of rotatable bonds is 7. The molecule has 8 nitrogen and oxygen atoms in total. The highest BCUT2D eigenvalue weighted by atomic mass is 35.5. The van der Waals surface area contributed by atoms with E-state index in [1.807, 2.05) is 4.81 Å². The first kappa shape index (κ1) is 22.2. The highest BCUT2D eigenvalue weighted by Gasteiger charge is 2.48. The number of ether oxygens (including phenoxy) is 3. The lowest BCUT2D eigenvalue weighted by molar-refractivity contribution is -0.0470. The lowest BCUT2D eigenvalue weighted by Crippen LogP contribution is -2.64. The minimum Gasteiger partial charge on any atom is -0.467 e. The van der Waals surface area contributed by atoms with E-state index >= 15 is 4.39 Å². The summed E-state index contributed by atoms with van der Waals surface area (Å²) in [6.45, 7) is 1.74. The normalized spacial score (nSPS) is 25.8. The van der Waals surface area contributed by atoms with Crippen LogP contribution >= 0.6 is 11.6 Å². The Morgan fingerprint density at radius 3 is 2.87 bits per heavy atom. The van der Waals surface area contributed by atoms with Crippen LogP contribution in [0, 0.1) is 0 Å². The smallest absolute Gasteiger partial charge is 0.376 e. The van der Waals surface area contributed by atoms with Gasteiger partial charge in [-0.25, -0.2) is 9.37 Å². The first-order valence-electron chi connectivity index (χ1n) is 10.4. The second-order valence-corrected chi connectivity index (χ2v) is 8.32. The fourth-order valence-corrected chi connectivity index (χ4v) is 4.73. The van der Waals surface area contributed by atoms with Gasteiger partial charge in [0.2, 0.25) is 0 Å². The van der Waals surface area contributed by atoms with Crippen LogP contribution in [-0.2, 0) is 4.74 Å². The number of aromatic nitrogens is 3. The third-order valence-electron chi connectivity index (χ3n) is 5.85. The first-order valence-corrected chi connectivity index (χ1v) is 10.7. The summed E-state index contributed by atoms with van der Waals surface area (Å²) in [5.74, 6) is 0.487. The van der Waals surface area contributed by atoms with Gasteiger partial charge in [-0.05, 0) is 37.9 Å². The molecule has 4 rings (SSSR count). The standard InChI is InChI=1S/C20H25BClFN4O4/c1-21(28)27-13-4-3-5-16(27)19(23)18(9-13)31-20-24-10-15(25-26-20)14-7-6-12(22)8-17(14)30-11-29-2/h6-8,10,13,16,18-19,28H,3-5,9,11H2,1-2H3/t13-,16?,18-,19+/m0/s1. The van der Waals surface area contributed by atoms with Gasteiger partial charge in [-0.3, -0.25) is 0 Å². The number of fused-ring (bicyclic) bond motifs is 2. The van der Waals surface area contributed by atoms with Crippen molar-refractivity contribution in [2.24, 2.45) is 0 Å². The van der Waals surface area contributed by atoms with Crippen molar-refractivity contribution in [2.75, 3.05) is 13.9 Å². The Labute approximate surface area is 185 Å². The highest BCUT2D eigenvalue weighted by Crippen LogP contribution is 2.37. The second kappa shape index (κ2) is 9.64. The van der Waals surface area contributed by atoms with Gasteiger partial charge in [0, 0.05) is 36.2 Å². The van der Waals surface area contributed by atoms with Crippen LogP contribution in [0.25, 0.3) is 11.3 Å². The molecule has 0 spiro atoms. The Morgan fingerprint density at radius 2 is 2.16 bits per heavy atom. The van der Waals surface area contributed by atoms with Crippen molar-refractivity contribution >= 4 is 18.7 Å². The van der Waals surface area contributed by atoms with Crippen molar-refractivity contribution in [1.29, 1.82) is 0 Å². The van der Waals surface area contributed by atoms with E-state index in [2.05, 4.69) is 15.2 Å². The number of hydrogen-bond donors (Lipinski definition) is 1. The van der Waals surface area contributed by atoms with Gasteiger partial charge in [-0.1, -0.05) is 23.1 Å². The molecular formula is C20H25BClFN4O4. The number of nitrogens with zero attached hydrogens (tertiary/aromatic N) is 4. The van der Waals surface area contributed by atoms with Gasteiger partial charge in [0.25, 0.3) is 0 Å². The Morgan fingerprint density at radius 1 is 1.32 bits per heavy atom. The van der Waals surface area contributed by atoms with Gasteiger partial charge in [-0.2, -0.15) is 0 Å². The lowest BCUT2D eigenvalue weighted by Gasteiger charge is -2.50. The summed E-state index contributed by atoms with van der Waals surface area (Å²) >= 11 is 6.05. The van der Waals surface area contributed by atoms with E-state index in [-0.39, 0.29) is 24.9 Å². The predicted molar refractivity (Wildman–Crippen MR) is 114 cm³/mol. The summed E-state index contributed by atoms with van der Waals surface area (Å²) in [4.78, 5) is 6.10. The van der Waals surface area contributed by atoms with Crippen molar-refractivity contribution in [1.82, 2.24) is 20.0 Å². The molecule has 0 saturated carbocycles. The molecule has 166 valence electrons. The number of alkyl halides is 1. The fourth-order valence-electron chi connectivity index (χ4n) is 4.56. The van der Waals surface area contributed by atoms with Crippen molar-refractivity contribution in [3.8, 4) is 23.0 Å². The lowest BCUT2D eigenvalue weighted by atomic mass is 9.71. The zero-order chi connectivity index (χ0) is 22.0. The largest absolute Gasteiger partial charge is 0.467 e. The van der Waals surface area contributed by atoms with E-state index in [0.29, 0.717) is 34.9 Å². The van der Waals surface area contributed by atoms with Crippen LogP contribution in [0.4, 0.5) is 4.39 Å². The van der Waals surface area contributed by atoms with Crippen LogP contribution < -0.4 is 9.47 Å². The predicted octanol–water partition coefficient (Wildman–Crippen LogP) is 3.00. The van der Waals surface area contributed by atoms with E-state index in [1.165, 1.54) is 13.3 Å². The quantitative estimate of drug-likeness (QED) is 0.509. The molecule has 2 fully saturated rings. The molecule has 1 N–H and O–H groups in total. The molecule has 4 atom stereocenters. The number of methoxy groups -OCH3 is 1. The van der Waals surface area contributed by atoms with E-state index in [0.717, 1.165) is 12.8 Å². The van der Waals surface area contributed by atoms with E-state index < -0.39 is 19.3 Å². The van der Waals surface area contributed by atoms with Crippen LogP contribution in [0.3, 0.4) is 0 Å². The summed E-state index contributed by atoms with van der Waals surface area (Å²) in [7, 11) is 0.844. The summed E-state index contributed by atoms with van der Waals surface area (Å²) in [5, 5.41) is 18.8. The fraction of sp³-hybridized carbons (Fsp3) is 0.550. The van der Waals surface area contributed by atoms with Gasteiger partial charge in [-0.15, -0.1) is 5.10 Å². The van der Waals surface area contributed by atoms with E-state index in [9.17, 15) is 5.02 Å². The van der Waals surface area contributed by atoms with Gasteiger partial charge in [0.05, 0.1) is 6.20 Å². The van der Waals surface area contributed by atoms with Crippen molar-refractivity contribution in [2.45, 2.75) is 56.9 Å². The third kappa shape index (κ3) is 4.77. The molecule has 1 unspecified atom stereocenters. The van der Waals surface area contributed by atoms with Crippen LogP contribution in [0.15, 0.2) is 24.4 Å². The van der Waals surface area contributed by atoms with Crippen LogP contribution in [0.2, 0.25) is 11.8 Å². The number of halogens is 2. The first-order chi connectivity index (χ1) is 15.0. The van der Waals surface area contributed by atoms with Crippen LogP contribution in [0.5, 0.6) is 11.8 Å². The van der Waals surface area contributed by atoms with Crippen LogP contribution in [-0.4, -0.2) is 70.3 Å². The summed E-state index contributed by atoms with van der Waals surface area (Å²) in [6.07, 6.45) is 2.62. The van der Waals surface area contributed by atoms with Crippen molar-refractivity contribution in [3.63, 3.8) is 0 Å². The Kier molecular flexibility index (Phi) is 6.91. The Hall–Kier alpha value is -2.01.